The van der Waals surface area contributed by atoms with Crippen molar-refractivity contribution in [3.8, 4) is 0 Å². The fraction of sp³-hybridized carbons (Fsp3) is 0.424. The second kappa shape index (κ2) is 13.3. The third-order valence-corrected chi connectivity index (χ3v) is 9.26. The van der Waals surface area contributed by atoms with Crippen LogP contribution < -0.4 is 21.3 Å². The highest BCUT2D eigenvalue weighted by atomic mass is 32.1. The van der Waals surface area contributed by atoms with Gasteiger partial charge in [-0.3, -0.25) is 14.4 Å². The van der Waals surface area contributed by atoms with E-state index in [4.69, 9.17) is 0 Å². The van der Waals surface area contributed by atoms with Gasteiger partial charge in [0.15, 0.2) is 5.88 Å². The van der Waals surface area contributed by atoms with Crippen LogP contribution in [-0.2, 0) is 27.2 Å². The van der Waals surface area contributed by atoms with E-state index in [2.05, 4.69) is 39.8 Å². The van der Waals surface area contributed by atoms with E-state index in [0.29, 0.717) is 17.5 Å². The van der Waals surface area contributed by atoms with Gasteiger partial charge >= 0.3 is 11.9 Å². The normalized spacial score (nSPS) is 24.2. The predicted octanol–water partition coefficient (Wildman–Crippen LogP) is 3.21. The van der Waals surface area contributed by atoms with Gasteiger partial charge in [0.25, 0.3) is 0 Å². The number of carboxylic acid groups (broad SMARTS) is 2. The molecule has 1 fully saturated rings. The number of hydrogen-bond acceptors (Lipinski definition) is 6. The minimum Gasteiger partial charge on any atom is -0.495 e. The number of carbonyl (C=O) groups is 3. The molecule has 1 saturated heterocycles. The number of aromatic nitrogens is 2. The van der Waals surface area contributed by atoms with E-state index in [1.165, 1.54) is 0 Å². The molecule has 11 heteroatoms. The minimum atomic E-state index is -0.916. The van der Waals surface area contributed by atoms with Gasteiger partial charge in [0.05, 0.1) is 6.04 Å². The number of aliphatic hydroxyl groups is 1. The Balaban J connectivity index is 1.87. The number of aliphatic hydroxyl groups excluding tert-OH is 1. The van der Waals surface area contributed by atoms with Gasteiger partial charge in [-0.2, -0.15) is 12.6 Å². The Bertz CT molecular complexity index is 1680. The van der Waals surface area contributed by atoms with Crippen LogP contribution >= 0.6 is 12.6 Å². The average Bonchev–Trinajstić information content (AvgIpc) is 3.59. The van der Waals surface area contributed by atoms with Gasteiger partial charge in [-0.15, -0.1) is 0 Å². The fourth-order valence-corrected chi connectivity index (χ4v) is 6.75. The van der Waals surface area contributed by atoms with Crippen molar-refractivity contribution in [3.05, 3.63) is 74.1 Å². The van der Waals surface area contributed by atoms with E-state index < -0.39 is 11.9 Å². The van der Waals surface area contributed by atoms with E-state index >= 15 is 0 Å². The van der Waals surface area contributed by atoms with E-state index in [1.54, 1.807) is 6.08 Å². The highest BCUT2D eigenvalue weighted by Gasteiger charge is 2.37. The van der Waals surface area contributed by atoms with Gasteiger partial charge in [-0.1, -0.05) is 33.4 Å². The molecule has 2 aliphatic heterocycles. The molecule has 236 valence electrons. The highest BCUT2D eigenvalue weighted by Crippen LogP contribution is 2.34. The molecule has 2 aromatic rings. The van der Waals surface area contributed by atoms with Crippen molar-refractivity contribution < 1.29 is 29.7 Å². The Morgan fingerprint density at radius 2 is 1.59 bits per heavy atom. The lowest BCUT2D eigenvalue weighted by Crippen LogP contribution is -2.28. The van der Waals surface area contributed by atoms with Crippen LogP contribution in [0.1, 0.15) is 67.3 Å². The number of carbonyl (C=O) groups excluding carboxylic acids is 1. The number of thiol groups is 1. The average molecular weight is 623 g/mol. The quantitative estimate of drug-likeness (QED) is 0.178. The van der Waals surface area contributed by atoms with Crippen molar-refractivity contribution in [2.24, 2.45) is 17.8 Å². The number of aliphatic carboxylic acids is 2. The van der Waals surface area contributed by atoms with Gasteiger partial charge in [0, 0.05) is 69.2 Å². The lowest BCUT2D eigenvalue weighted by atomic mass is 9.91. The first-order valence-corrected chi connectivity index (χ1v) is 15.3. The number of aromatic amines is 2. The molecule has 2 aliphatic rings. The number of allylic oxidation sites excluding steroid dienone is 2. The van der Waals surface area contributed by atoms with E-state index in [1.807, 2.05) is 52.8 Å². The van der Waals surface area contributed by atoms with Crippen LogP contribution in [0.2, 0.25) is 0 Å². The van der Waals surface area contributed by atoms with Crippen LogP contribution in [0.3, 0.4) is 0 Å². The number of rotatable bonds is 11. The number of carboxylic acids is 2. The molecule has 0 aromatic carbocycles. The van der Waals surface area contributed by atoms with Gasteiger partial charge in [-0.25, -0.2) is 0 Å². The van der Waals surface area contributed by atoms with Crippen LogP contribution in [0, 0.1) is 31.6 Å². The molecule has 7 N–H and O–H groups in total. The number of H-pyrrole nitrogens is 2. The summed E-state index contributed by atoms with van der Waals surface area (Å²) < 4.78 is 0. The summed E-state index contributed by atoms with van der Waals surface area (Å²) in [4.78, 5) is 42.5. The van der Waals surface area contributed by atoms with Crippen LogP contribution in [0.5, 0.6) is 0 Å². The second-order valence-electron chi connectivity index (χ2n) is 11.8. The molecule has 4 heterocycles. The lowest BCUT2D eigenvalue weighted by molar-refractivity contribution is -0.138. The van der Waals surface area contributed by atoms with E-state index in [-0.39, 0.29) is 60.1 Å². The number of amides is 1. The van der Waals surface area contributed by atoms with Crippen LogP contribution in [0.4, 0.5) is 0 Å². The number of nitrogens with one attached hydrogen (secondary N) is 4. The van der Waals surface area contributed by atoms with Crippen molar-refractivity contribution in [2.75, 3.05) is 0 Å². The summed E-state index contributed by atoms with van der Waals surface area (Å²) in [6.07, 6.45) is 7.87. The smallest absolute Gasteiger partial charge is 0.303 e. The van der Waals surface area contributed by atoms with E-state index in [9.17, 15) is 29.7 Å². The maximum absolute atomic E-state index is 12.5. The molecule has 0 spiro atoms. The third-order valence-electron chi connectivity index (χ3n) is 8.94. The standard InChI is InChI=1S/C33H42N4O6S/c1-7-20-15(2)25(36-33(20)43)12-23-16(3)21(8-10-29(38)39)26(34-23)14-27-22(9-11-30(40)41)17(4)24(35-27)13-28-31(19(6)44)18(5)32(42)37-28/h7,12-15,18-19,25,31,34-36,43-44H,1,8-11H2,2-6H3,(H,37,42)(H,38,39)(H,40,41)/b23-12+,26-14-,28-13-/t15?,18-,19-,25-,31+/m1/s1. The molecule has 0 saturated carbocycles. The summed E-state index contributed by atoms with van der Waals surface area (Å²) in [7, 11) is 0. The Hall–Kier alpha value is -4.12. The first-order valence-electron chi connectivity index (χ1n) is 14.8. The second-order valence-corrected chi connectivity index (χ2v) is 12.6. The first-order chi connectivity index (χ1) is 20.7. The summed E-state index contributed by atoms with van der Waals surface area (Å²) in [5.74, 6) is -2.16. The first kappa shape index (κ1) is 32.8. The zero-order valence-corrected chi connectivity index (χ0v) is 26.6. The molecular weight excluding hydrogens is 580 g/mol. The number of hydrogen-bond donors (Lipinski definition) is 8. The van der Waals surface area contributed by atoms with Gasteiger partial charge in [0.2, 0.25) is 5.91 Å². The molecule has 0 bridgehead atoms. The fourth-order valence-electron chi connectivity index (χ4n) is 6.33. The maximum atomic E-state index is 12.5. The molecule has 1 unspecified atom stereocenters. The molecule has 10 nitrogen and oxygen atoms in total. The summed E-state index contributed by atoms with van der Waals surface area (Å²) >= 11 is 4.62. The Kier molecular flexibility index (Phi) is 9.88. The Morgan fingerprint density at radius 1 is 0.955 bits per heavy atom. The van der Waals surface area contributed by atoms with E-state index in [0.717, 1.165) is 44.6 Å². The van der Waals surface area contributed by atoms with Crippen molar-refractivity contribution >= 4 is 48.7 Å². The zero-order valence-electron chi connectivity index (χ0n) is 25.7. The molecule has 2 aromatic heterocycles. The molecule has 0 aliphatic carbocycles. The van der Waals surface area contributed by atoms with Gasteiger partial charge in [0.1, 0.15) is 0 Å². The monoisotopic (exact) mass is 622 g/mol. The summed E-state index contributed by atoms with van der Waals surface area (Å²) in [5, 5.41) is 36.8. The maximum Gasteiger partial charge on any atom is 0.303 e. The van der Waals surface area contributed by atoms with Gasteiger partial charge in [-0.05, 0) is 67.2 Å². The highest BCUT2D eigenvalue weighted by molar-refractivity contribution is 7.80. The summed E-state index contributed by atoms with van der Waals surface area (Å²) in [6, 6.07) is -0.205. The van der Waals surface area contributed by atoms with Crippen molar-refractivity contribution in [1.29, 1.82) is 0 Å². The van der Waals surface area contributed by atoms with Crippen molar-refractivity contribution in [3.63, 3.8) is 0 Å². The zero-order chi connectivity index (χ0) is 32.5. The molecule has 0 radical (unpaired) electrons. The van der Waals surface area contributed by atoms with Gasteiger partial charge < -0.3 is 35.9 Å². The largest absolute Gasteiger partial charge is 0.495 e. The van der Waals surface area contributed by atoms with Crippen LogP contribution in [-0.4, -0.2) is 54.4 Å². The SMILES string of the molecule is C=CC1=C(O)N[C@H](/C=c2/[nH]/c(=C\c3[nH]c(/C=C4\NC(=O)[C@H](C)[C@H]4[C@@H](C)S)c(C)c3CCC(=O)O)c(CCC(=O)O)c2C)C1C. The molecular formula is C33H42N4O6S. The molecule has 44 heavy (non-hydrogen) atoms. The molecule has 4 rings (SSSR count). The summed E-state index contributed by atoms with van der Waals surface area (Å²) in [6.45, 7) is 13.5. The predicted molar refractivity (Wildman–Crippen MR) is 173 cm³/mol. The van der Waals surface area contributed by atoms with Crippen molar-refractivity contribution in [1.82, 2.24) is 20.6 Å². The van der Waals surface area contributed by atoms with Crippen LogP contribution in [0.25, 0.3) is 18.2 Å². The lowest BCUT2D eigenvalue weighted by Gasteiger charge is -2.17. The Labute approximate surface area is 262 Å². The molecule has 5 atom stereocenters. The van der Waals surface area contributed by atoms with Crippen LogP contribution in [0.15, 0.2) is 29.8 Å². The third kappa shape index (κ3) is 6.67. The minimum absolute atomic E-state index is 0.0306. The topological polar surface area (TPSA) is 168 Å². The molecule has 1 amide bonds. The Morgan fingerprint density at radius 3 is 2.16 bits per heavy atom. The van der Waals surface area contributed by atoms with Crippen molar-refractivity contribution in [2.45, 2.75) is 71.6 Å². The summed E-state index contributed by atoms with van der Waals surface area (Å²) in [5.41, 5.74) is 6.36.